The second-order valence-electron chi connectivity index (χ2n) is 6.14. The van der Waals surface area contributed by atoms with Crippen LogP contribution in [0.5, 0.6) is 0 Å². The quantitative estimate of drug-likeness (QED) is 0.483. The first-order chi connectivity index (χ1) is 11.7. The van der Waals surface area contributed by atoms with E-state index in [2.05, 4.69) is 98.9 Å². The molecule has 0 N–H and O–H groups in total. The molecule has 0 aromatic heterocycles. The highest BCUT2D eigenvalue weighted by Crippen LogP contribution is 2.39. The van der Waals surface area contributed by atoms with Crippen molar-refractivity contribution in [2.24, 2.45) is 0 Å². The van der Waals surface area contributed by atoms with Crippen LogP contribution in [-0.4, -0.2) is 0 Å². The highest BCUT2D eigenvalue weighted by molar-refractivity contribution is 5.55. The standard InChI is InChI=1S/C24H22/c1-4-19-11-15-22(16-12-19)24(3,21-9-7-6-8-10-21)23-17-13-20(5-2)14-18-23/h4-18H,1-2H2,3H3. The van der Waals surface area contributed by atoms with Crippen LogP contribution in [0.25, 0.3) is 12.2 Å². The summed E-state index contributed by atoms with van der Waals surface area (Å²) in [5.41, 5.74) is 5.88. The molecule has 0 bridgehead atoms. The molecular formula is C24H22. The summed E-state index contributed by atoms with van der Waals surface area (Å²) in [5.74, 6) is 0. The van der Waals surface area contributed by atoms with Crippen LogP contribution in [0, 0.1) is 0 Å². The van der Waals surface area contributed by atoms with Crippen LogP contribution in [0.4, 0.5) is 0 Å². The van der Waals surface area contributed by atoms with Gasteiger partial charge in [0.2, 0.25) is 0 Å². The van der Waals surface area contributed by atoms with E-state index in [1.165, 1.54) is 16.7 Å². The van der Waals surface area contributed by atoms with Gasteiger partial charge in [-0.2, -0.15) is 0 Å². The molecular weight excluding hydrogens is 288 g/mol. The first kappa shape index (κ1) is 16.0. The van der Waals surface area contributed by atoms with Crippen molar-refractivity contribution in [2.75, 3.05) is 0 Å². The van der Waals surface area contributed by atoms with Crippen molar-refractivity contribution in [2.45, 2.75) is 12.3 Å². The van der Waals surface area contributed by atoms with E-state index < -0.39 is 0 Å². The minimum absolute atomic E-state index is 0.208. The Bertz CT molecular complexity index is 770. The van der Waals surface area contributed by atoms with Gasteiger partial charge in [-0.25, -0.2) is 0 Å². The van der Waals surface area contributed by atoms with Gasteiger partial charge in [0.15, 0.2) is 0 Å². The summed E-state index contributed by atoms with van der Waals surface area (Å²) >= 11 is 0. The van der Waals surface area contributed by atoms with Crippen molar-refractivity contribution < 1.29 is 0 Å². The van der Waals surface area contributed by atoms with Gasteiger partial charge in [-0.05, 0) is 34.7 Å². The number of benzene rings is 3. The molecule has 0 amide bonds. The van der Waals surface area contributed by atoms with Gasteiger partial charge in [0.1, 0.15) is 0 Å². The predicted molar refractivity (Wildman–Crippen MR) is 105 cm³/mol. The maximum absolute atomic E-state index is 3.85. The fourth-order valence-electron chi connectivity index (χ4n) is 3.18. The average Bonchev–Trinajstić information content (AvgIpc) is 2.68. The van der Waals surface area contributed by atoms with Gasteiger partial charge in [-0.15, -0.1) is 0 Å². The van der Waals surface area contributed by atoms with E-state index in [9.17, 15) is 0 Å². The molecule has 0 aliphatic rings. The maximum Gasteiger partial charge on any atom is 0.0423 e. The third-order valence-corrected chi connectivity index (χ3v) is 4.80. The molecule has 0 saturated heterocycles. The summed E-state index contributed by atoms with van der Waals surface area (Å²) < 4.78 is 0. The van der Waals surface area contributed by atoms with Crippen LogP contribution >= 0.6 is 0 Å². The second-order valence-corrected chi connectivity index (χ2v) is 6.14. The number of rotatable bonds is 5. The van der Waals surface area contributed by atoms with Gasteiger partial charge in [0, 0.05) is 5.41 Å². The van der Waals surface area contributed by atoms with Crippen molar-refractivity contribution in [3.05, 3.63) is 120 Å². The van der Waals surface area contributed by atoms with Gasteiger partial charge in [0.05, 0.1) is 0 Å². The molecule has 0 heterocycles. The summed E-state index contributed by atoms with van der Waals surface area (Å²) in [5, 5.41) is 0. The molecule has 3 rings (SSSR count). The van der Waals surface area contributed by atoms with Crippen LogP contribution in [0.1, 0.15) is 34.7 Å². The Labute approximate surface area is 144 Å². The molecule has 0 saturated carbocycles. The van der Waals surface area contributed by atoms with Crippen molar-refractivity contribution in [1.82, 2.24) is 0 Å². The summed E-state index contributed by atoms with van der Waals surface area (Å²) in [6.45, 7) is 9.98. The smallest absolute Gasteiger partial charge is 0.0423 e. The summed E-state index contributed by atoms with van der Waals surface area (Å²) in [6.07, 6.45) is 3.75. The molecule has 0 radical (unpaired) electrons. The fraction of sp³-hybridized carbons (Fsp3) is 0.0833. The number of hydrogen-bond acceptors (Lipinski definition) is 0. The van der Waals surface area contributed by atoms with Crippen LogP contribution in [0.2, 0.25) is 0 Å². The third-order valence-electron chi connectivity index (χ3n) is 4.80. The third kappa shape index (κ3) is 2.83. The van der Waals surface area contributed by atoms with Crippen LogP contribution in [0.3, 0.4) is 0 Å². The van der Waals surface area contributed by atoms with Gasteiger partial charge in [-0.3, -0.25) is 0 Å². The van der Waals surface area contributed by atoms with Crippen LogP contribution in [0.15, 0.2) is 92.0 Å². The molecule has 0 fully saturated rings. The van der Waals surface area contributed by atoms with Crippen molar-refractivity contribution >= 4 is 12.2 Å². The Morgan fingerprint density at radius 3 is 1.33 bits per heavy atom. The van der Waals surface area contributed by atoms with Gasteiger partial charge < -0.3 is 0 Å². The van der Waals surface area contributed by atoms with Gasteiger partial charge in [-0.1, -0.05) is 104 Å². The van der Waals surface area contributed by atoms with E-state index in [0.717, 1.165) is 11.1 Å². The van der Waals surface area contributed by atoms with Gasteiger partial charge >= 0.3 is 0 Å². The molecule has 3 aromatic rings. The zero-order chi connectivity index (χ0) is 17.0. The largest absolute Gasteiger partial charge is 0.0985 e. The monoisotopic (exact) mass is 310 g/mol. The summed E-state index contributed by atoms with van der Waals surface area (Å²) in [6, 6.07) is 28.0. The first-order valence-corrected chi connectivity index (χ1v) is 8.20. The lowest BCUT2D eigenvalue weighted by Gasteiger charge is -2.32. The van der Waals surface area contributed by atoms with E-state index in [1.54, 1.807) is 0 Å². The fourth-order valence-corrected chi connectivity index (χ4v) is 3.18. The highest BCUT2D eigenvalue weighted by atomic mass is 14.3. The molecule has 0 aliphatic heterocycles. The SMILES string of the molecule is C=Cc1ccc(C(C)(c2ccccc2)c2ccc(C=C)cc2)cc1. The lowest BCUT2D eigenvalue weighted by atomic mass is 9.71. The number of hydrogen-bond donors (Lipinski definition) is 0. The Hall–Kier alpha value is -2.86. The van der Waals surface area contributed by atoms with Gasteiger partial charge in [0.25, 0.3) is 0 Å². The molecule has 0 aliphatic carbocycles. The van der Waals surface area contributed by atoms with E-state index in [-0.39, 0.29) is 5.41 Å². The zero-order valence-electron chi connectivity index (χ0n) is 14.1. The highest BCUT2D eigenvalue weighted by Gasteiger charge is 2.30. The normalized spacial score (nSPS) is 11.0. The Balaban J connectivity index is 2.19. The molecule has 0 atom stereocenters. The van der Waals surface area contributed by atoms with Crippen molar-refractivity contribution in [3.8, 4) is 0 Å². The Morgan fingerprint density at radius 1 is 0.583 bits per heavy atom. The molecule has 0 heteroatoms. The summed E-state index contributed by atoms with van der Waals surface area (Å²) in [7, 11) is 0. The minimum atomic E-state index is -0.208. The topological polar surface area (TPSA) is 0 Å². The van der Waals surface area contributed by atoms with E-state index in [1.807, 2.05) is 12.2 Å². The second kappa shape index (κ2) is 6.72. The molecule has 118 valence electrons. The van der Waals surface area contributed by atoms with Crippen LogP contribution < -0.4 is 0 Å². The van der Waals surface area contributed by atoms with E-state index >= 15 is 0 Å². The van der Waals surface area contributed by atoms with E-state index in [4.69, 9.17) is 0 Å². The minimum Gasteiger partial charge on any atom is -0.0985 e. The summed E-state index contributed by atoms with van der Waals surface area (Å²) in [4.78, 5) is 0. The average molecular weight is 310 g/mol. The molecule has 0 spiro atoms. The molecule has 24 heavy (non-hydrogen) atoms. The lowest BCUT2D eigenvalue weighted by Crippen LogP contribution is -2.25. The first-order valence-electron chi connectivity index (χ1n) is 8.20. The van der Waals surface area contributed by atoms with Crippen molar-refractivity contribution in [1.29, 1.82) is 0 Å². The molecule has 3 aromatic carbocycles. The Kier molecular flexibility index (Phi) is 4.48. The van der Waals surface area contributed by atoms with Crippen molar-refractivity contribution in [3.63, 3.8) is 0 Å². The zero-order valence-corrected chi connectivity index (χ0v) is 14.1. The molecule has 0 nitrogen and oxygen atoms in total. The van der Waals surface area contributed by atoms with Crippen LogP contribution in [-0.2, 0) is 5.41 Å². The maximum atomic E-state index is 3.85. The molecule has 0 unspecified atom stereocenters. The Morgan fingerprint density at radius 2 is 0.958 bits per heavy atom. The predicted octanol–water partition coefficient (Wildman–Crippen LogP) is 6.33. The van der Waals surface area contributed by atoms with E-state index in [0.29, 0.717) is 0 Å². The lowest BCUT2D eigenvalue weighted by molar-refractivity contribution is 0.692.